The van der Waals surface area contributed by atoms with Crippen LogP contribution in [0.5, 0.6) is 0 Å². The van der Waals surface area contributed by atoms with E-state index in [9.17, 15) is 19.7 Å². The Morgan fingerprint density at radius 1 is 0.945 bits per heavy atom. The van der Waals surface area contributed by atoms with Crippen LogP contribution >= 0.6 is 7.82 Å². The predicted molar refractivity (Wildman–Crippen MR) is 210 cm³/mol. The van der Waals surface area contributed by atoms with E-state index in [1.54, 1.807) is 31.2 Å². The van der Waals surface area contributed by atoms with Gasteiger partial charge in [0.15, 0.2) is 5.82 Å². The minimum absolute atomic E-state index is 0.161. The normalized spacial score (nSPS) is 21.4. The molecule has 15 nitrogen and oxygen atoms in total. The molecule has 3 aromatic heterocycles. The number of nitriles is 1. The van der Waals surface area contributed by atoms with Crippen molar-refractivity contribution < 1.29 is 38.2 Å². The van der Waals surface area contributed by atoms with Gasteiger partial charge in [-0.1, -0.05) is 103 Å². The summed E-state index contributed by atoms with van der Waals surface area (Å²) in [5, 5.41) is 38.3. The van der Waals surface area contributed by atoms with Gasteiger partial charge in [0.1, 0.15) is 47.6 Å². The van der Waals surface area contributed by atoms with E-state index >= 15 is 0 Å². The highest BCUT2D eigenvalue weighted by atomic mass is 31.2. The number of phosphoric ester groups is 1. The van der Waals surface area contributed by atoms with Crippen molar-refractivity contribution in [2.75, 3.05) is 37.5 Å². The Bertz CT molecular complexity index is 1640. The molecule has 306 valence electrons. The molecule has 6 N–H and O–H groups in total. The van der Waals surface area contributed by atoms with Crippen LogP contribution < -0.4 is 11.1 Å². The molecule has 6 atom stereocenters. The Balaban J connectivity index is 1.16. The monoisotopic (exact) mass is 787 g/mol. The number of rotatable bonds is 28. The van der Waals surface area contributed by atoms with Crippen LogP contribution in [0.4, 0.5) is 11.6 Å². The van der Waals surface area contributed by atoms with Gasteiger partial charge in [-0.05, 0) is 37.6 Å². The number of unbranched alkanes of at least 4 members (excludes halogenated alkanes) is 15. The number of nitrogens with two attached hydrogens (primary N) is 1. The first-order valence-corrected chi connectivity index (χ1v) is 21.5. The van der Waals surface area contributed by atoms with E-state index in [1.165, 1.54) is 101 Å². The van der Waals surface area contributed by atoms with Crippen molar-refractivity contribution >= 4 is 25.0 Å². The van der Waals surface area contributed by atoms with E-state index in [0.29, 0.717) is 29.2 Å². The number of nitrogen functional groups attached to an aromatic ring is 1. The molecule has 1 unspecified atom stereocenters. The Hall–Kier alpha value is -3.19. The lowest BCUT2D eigenvalue weighted by atomic mass is 9.93. The number of anilines is 2. The van der Waals surface area contributed by atoms with Crippen LogP contribution in [0.1, 0.15) is 128 Å². The first-order valence-electron chi connectivity index (χ1n) is 20.0. The molecule has 0 aliphatic carbocycles. The molecule has 0 saturated carbocycles. The van der Waals surface area contributed by atoms with Gasteiger partial charge in [0.25, 0.3) is 0 Å². The van der Waals surface area contributed by atoms with E-state index in [0.717, 1.165) is 19.3 Å². The zero-order chi connectivity index (χ0) is 39.5. The van der Waals surface area contributed by atoms with Gasteiger partial charge in [0, 0.05) is 12.8 Å². The van der Waals surface area contributed by atoms with Crippen LogP contribution in [0.25, 0.3) is 5.52 Å². The number of nitrogens with one attached hydrogen (secondary N) is 1. The Morgan fingerprint density at radius 3 is 2.18 bits per heavy atom. The van der Waals surface area contributed by atoms with Crippen molar-refractivity contribution in [3.8, 4) is 6.07 Å². The zero-order valence-electron chi connectivity index (χ0n) is 32.6. The molecule has 4 rings (SSSR count). The van der Waals surface area contributed by atoms with Gasteiger partial charge in [-0.25, -0.2) is 19.0 Å². The van der Waals surface area contributed by atoms with E-state index in [4.69, 9.17) is 29.5 Å². The van der Waals surface area contributed by atoms with Crippen molar-refractivity contribution in [3.63, 3.8) is 0 Å². The minimum Gasteiger partial charge on any atom is -0.387 e. The average Bonchev–Trinajstić information content (AvgIpc) is 3.72. The van der Waals surface area contributed by atoms with Gasteiger partial charge in [-0.2, -0.15) is 10.4 Å². The first-order chi connectivity index (χ1) is 26.6. The lowest BCUT2D eigenvalue weighted by Gasteiger charge is -2.27. The molecule has 16 heteroatoms. The molecule has 55 heavy (non-hydrogen) atoms. The maximum Gasteiger partial charge on any atom is 0.472 e. The number of pyridine rings is 1. The summed E-state index contributed by atoms with van der Waals surface area (Å²) in [7, 11) is -4.66. The first kappa shape index (κ1) is 44.5. The maximum absolute atomic E-state index is 13.0. The van der Waals surface area contributed by atoms with Crippen LogP contribution in [0.2, 0.25) is 0 Å². The SMILES string of the molecule is CCCCCCCCCCCCCCCCCCOC[C@H](COP(=O)(O)OC[C@H]1O[C@@](C)(c2ccc3c(N)ncnn23)[C@H](O)[C@@H]1O)Nc1ccc(C#N)cn1. The van der Waals surface area contributed by atoms with Crippen molar-refractivity contribution in [1.29, 1.82) is 5.26 Å². The number of aromatic nitrogens is 4. The summed E-state index contributed by atoms with van der Waals surface area (Å²) < 4.78 is 37.0. The molecule has 1 saturated heterocycles. The van der Waals surface area contributed by atoms with Gasteiger partial charge in [-0.3, -0.25) is 9.05 Å². The highest BCUT2D eigenvalue weighted by Crippen LogP contribution is 2.46. The number of hydrogen-bond donors (Lipinski definition) is 5. The number of phosphoric acid groups is 1. The van der Waals surface area contributed by atoms with E-state index in [2.05, 4.69) is 27.3 Å². The van der Waals surface area contributed by atoms with Crippen molar-refractivity contribution in [1.82, 2.24) is 19.6 Å². The molecule has 0 amide bonds. The fourth-order valence-corrected chi connectivity index (χ4v) is 7.69. The number of nitrogens with zero attached hydrogens (tertiary/aromatic N) is 5. The lowest BCUT2D eigenvalue weighted by molar-refractivity contribution is -0.0888. The summed E-state index contributed by atoms with van der Waals surface area (Å²) >= 11 is 0. The number of hydrogen-bond acceptors (Lipinski definition) is 13. The van der Waals surface area contributed by atoms with Crippen LogP contribution in [-0.4, -0.2) is 85.5 Å². The second kappa shape index (κ2) is 23.1. The number of ether oxygens (including phenoxy) is 2. The van der Waals surface area contributed by atoms with Crippen LogP contribution in [0.15, 0.2) is 36.8 Å². The quantitative estimate of drug-likeness (QED) is 0.0377. The second-order valence-corrected chi connectivity index (χ2v) is 16.1. The number of fused-ring (bicyclic) bond motifs is 1. The molecule has 0 radical (unpaired) electrons. The molecule has 0 bridgehead atoms. The number of aliphatic hydroxyl groups excluding tert-OH is 2. The van der Waals surface area contributed by atoms with E-state index in [1.807, 2.05) is 6.07 Å². The third-order valence-corrected chi connectivity index (χ3v) is 11.2. The number of aliphatic hydroxyl groups is 2. The van der Waals surface area contributed by atoms with Gasteiger partial charge >= 0.3 is 7.82 Å². The third-order valence-electron chi connectivity index (χ3n) is 10.2. The molecule has 3 aromatic rings. The Kier molecular flexibility index (Phi) is 18.7. The third kappa shape index (κ3) is 14.1. The fraction of sp³-hybridized carbons (Fsp3) is 0.692. The predicted octanol–water partition coefficient (Wildman–Crippen LogP) is 6.81. The van der Waals surface area contributed by atoms with E-state index < -0.39 is 44.4 Å². The minimum atomic E-state index is -4.66. The van der Waals surface area contributed by atoms with Crippen LogP contribution in [0.3, 0.4) is 0 Å². The summed E-state index contributed by atoms with van der Waals surface area (Å²) in [6, 6.07) is 8.00. The van der Waals surface area contributed by atoms with Gasteiger partial charge in [0.05, 0.1) is 37.1 Å². The summed E-state index contributed by atoms with van der Waals surface area (Å²) in [5.74, 6) is 0.664. The largest absolute Gasteiger partial charge is 0.472 e. The van der Waals surface area contributed by atoms with Gasteiger partial charge < -0.3 is 35.6 Å². The summed E-state index contributed by atoms with van der Waals surface area (Å²) in [6.07, 6.45) is 19.2. The molecular weight excluding hydrogens is 725 g/mol. The smallest absolute Gasteiger partial charge is 0.387 e. The Morgan fingerprint density at radius 2 is 1.58 bits per heavy atom. The molecule has 1 aliphatic rings. The average molecular weight is 788 g/mol. The van der Waals surface area contributed by atoms with Crippen molar-refractivity contribution in [2.45, 2.75) is 147 Å². The fourth-order valence-electron chi connectivity index (χ4n) is 6.91. The lowest BCUT2D eigenvalue weighted by Crippen LogP contribution is -2.39. The highest BCUT2D eigenvalue weighted by molar-refractivity contribution is 7.47. The molecule has 0 spiro atoms. The molecule has 0 aromatic carbocycles. The van der Waals surface area contributed by atoms with E-state index in [-0.39, 0.29) is 19.0 Å². The zero-order valence-corrected chi connectivity index (χ0v) is 33.5. The highest BCUT2D eigenvalue weighted by Gasteiger charge is 2.54. The molecule has 1 aliphatic heterocycles. The summed E-state index contributed by atoms with van der Waals surface area (Å²) in [6.45, 7) is 3.69. The summed E-state index contributed by atoms with van der Waals surface area (Å²) in [5.41, 5.74) is 5.78. The molecule has 1 fully saturated rings. The standard InChI is InChI=1S/C39H62N7O8P/c1-3-4-5-6-7-8-9-10-11-12-13-14-15-16-17-18-23-51-26-31(45-35-22-19-30(24-40)25-42-35)27-52-55(49,50)53-28-33-36(47)37(48)39(2,54-33)34-21-20-32-38(41)43-29-44-46(32)34/h19-22,25,29,31,33,36-37,47-48H,3-18,23,26-28H2,1-2H3,(H,42,45)(H,49,50)(H2,41,43,44)/t31-,33-,36-,37-,39+/m1/s1. The topological polar surface area (TPSA) is 220 Å². The van der Waals surface area contributed by atoms with Crippen LogP contribution in [0, 0.1) is 11.3 Å². The molecular formula is C39H62N7O8P. The second-order valence-electron chi connectivity index (χ2n) is 14.7. The maximum atomic E-state index is 13.0. The molecule has 4 heterocycles. The van der Waals surface area contributed by atoms with Crippen LogP contribution in [-0.2, 0) is 28.7 Å². The summed E-state index contributed by atoms with van der Waals surface area (Å²) in [4.78, 5) is 18.8. The Labute approximate surface area is 325 Å². The van der Waals surface area contributed by atoms with Gasteiger partial charge in [-0.15, -0.1) is 0 Å². The van der Waals surface area contributed by atoms with Gasteiger partial charge in [0.2, 0.25) is 0 Å². The van der Waals surface area contributed by atoms with Crippen molar-refractivity contribution in [2.24, 2.45) is 0 Å². The van der Waals surface area contributed by atoms with Crippen molar-refractivity contribution in [3.05, 3.63) is 48.0 Å².